The average Bonchev–Trinajstić information content (AvgIpc) is 2.84. The van der Waals surface area contributed by atoms with Crippen LogP contribution < -0.4 is 4.90 Å². The first kappa shape index (κ1) is 11.4. The molecule has 0 spiro atoms. The maximum Gasteiger partial charge on any atom is 0.132 e. The highest BCUT2D eigenvalue weighted by Crippen LogP contribution is 2.26. The smallest absolute Gasteiger partial charge is 0.132 e. The molecule has 0 aromatic carbocycles. The van der Waals surface area contributed by atoms with E-state index in [9.17, 15) is 5.11 Å². The van der Waals surface area contributed by atoms with E-state index in [1.807, 2.05) is 25.7 Å². The summed E-state index contributed by atoms with van der Waals surface area (Å²) in [6.07, 6.45) is 1.03. The van der Waals surface area contributed by atoms with Crippen molar-refractivity contribution in [2.75, 3.05) is 25.2 Å². The Morgan fingerprint density at radius 3 is 2.94 bits per heavy atom. The molecule has 1 fully saturated rings. The van der Waals surface area contributed by atoms with Gasteiger partial charge in [-0.25, -0.2) is 0 Å². The molecule has 1 aliphatic heterocycles. The van der Waals surface area contributed by atoms with E-state index in [1.54, 1.807) is 0 Å². The molecule has 5 heteroatoms. The van der Waals surface area contributed by atoms with Crippen LogP contribution in [0, 0.1) is 6.92 Å². The van der Waals surface area contributed by atoms with Gasteiger partial charge in [0.2, 0.25) is 0 Å². The van der Waals surface area contributed by atoms with Crippen molar-refractivity contribution in [2.45, 2.75) is 26.0 Å². The molecule has 0 aliphatic carbocycles. The third-order valence-corrected chi connectivity index (χ3v) is 3.26. The second kappa shape index (κ2) is 4.43. The Morgan fingerprint density at radius 1 is 1.62 bits per heavy atom. The van der Waals surface area contributed by atoms with Crippen LogP contribution in [-0.2, 0) is 18.4 Å². The Balaban J connectivity index is 2.30. The van der Waals surface area contributed by atoms with Gasteiger partial charge in [-0.15, -0.1) is 0 Å². The van der Waals surface area contributed by atoms with Crippen LogP contribution in [0.2, 0.25) is 0 Å². The molecule has 5 nitrogen and oxygen atoms in total. The molecule has 1 aliphatic rings. The summed E-state index contributed by atoms with van der Waals surface area (Å²) >= 11 is 0. The molecule has 0 amide bonds. The molecular weight excluding hydrogens is 206 g/mol. The molecule has 1 aromatic rings. The van der Waals surface area contributed by atoms with Crippen LogP contribution in [0.4, 0.5) is 5.82 Å². The monoisotopic (exact) mass is 225 g/mol. The third-order valence-electron chi connectivity index (χ3n) is 3.26. The van der Waals surface area contributed by atoms with Gasteiger partial charge < -0.3 is 14.7 Å². The second-order valence-corrected chi connectivity index (χ2v) is 4.30. The number of ether oxygens (including phenoxy) is 1. The van der Waals surface area contributed by atoms with Crippen molar-refractivity contribution >= 4 is 5.82 Å². The van der Waals surface area contributed by atoms with Crippen LogP contribution in [0.3, 0.4) is 0 Å². The fourth-order valence-corrected chi connectivity index (χ4v) is 2.32. The number of nitrogens with zero attached hydrogens (tertiary/aromatic N) is 3. The first-order chi connectivity index (χ1) is 7.65. The van der Waals surface area contributed by atoms with Gasteiger partial charge in [0.1, 0.15) is 5.82 Å². The Hall–Kier alpha value is -1.07. The molecule has 1 saturated heterocycles. The van der Waals surface area contributed by atoms with E-state index in [1.165, 1.54) is 0 Å². The predicted octanol–water partition coefficient (Wildman–Crippen LogP) is 0.446. The van der Waals surface area contributed by atoms with Gasteiger partial charge in [-0.3, -0.25) is 4.68 Å². The Kier molecular flexibility index (Phi) is 3.16. The number of likely N-dealkylation sites (N-methyl/N-ethyl adjacent to an activating group) is 1. The molecule has 2 heterocycles. The molecule has 1 atom stereocenters. The van der Waals surface area contributed by atoms with Crippen LogP contribution >= 0.6 is 0 Å². The van der Waals surface area contributed by atoms with Crippen molar-refractivity contribution in [2.24, 2.45) is 7.05 Å². The number of aliphatic hydroxyl groups excluding tert-OH is 1. The lowest BCUT2D eigenvalue weighted by atomic mass is 10.2. The van der Waals surface area contributed by atoms with Gasteiger partial charge >= 0.3 is 0 Å². The number of rotatable bonds is 3. The second-order valence-electron chi connectivity index (χ2n) is 4.30. The maximum atomic E-state index is 9.39. The molecule has 90 valence electrons. The minimum atomic E-state index is 0.0346. The SMILES string of the molecule is Cc1nn(C)c(N(C)C2CCOC2)c1CO. The quantitative estimate of drug-likeness (QED) is 0.811. The summed E-state index contributed by atoms with van der Waals surface area (Å²) in [4.78, 5) is 2.17. The minimum Gasteiger partial charge on any atom is -0.391 e. The summed E-state index contributed by atoms with van der Waals surface area (Å²) in [6.45, 7) is 3.53. The van der Waals surface area contributed by atoms with E-state index in [0.29, 0.717) is 6.04 Å². The highest BCUT2D eigenvalue weighted by atomic mass is 16.5. The molecule has 2 rings (SSSR count). The van der Waals surface area contributed by atoms with E-state index in [-0.39, 0.29) is 6.61 Å². The standard InChI is InChI=1S/C11H19N3O2/c1-8-10(6-15)11(14(3)12-8)13(2)9-4-5-16-7-9/h9,15H,4-7H2,1-3H3. The van der Waals surface area contributed by atoms with Crippen molar-refractivity contribution < 1.29 is 9.84 Å². The number of anilines is 1. The van der Waals surface area contributed by atoms with Crippen LogP contribution in [0.15, 0.2) is 0 Å². The third kappa shape index (κ3) is 1.81. The van der Waals surface area contributed by atoms with Gasteiger partial charge in [-0.2, -0.15) is 5.10 Å². The zero-order valence-corrected chi connectivity index (χ0v) is 10.1. The highest BCUT2D eigenvalue weighted by molar-refractivity contribution is 5.50. The van der Waals surface area contributed by atoms with Gasteiger partial charge in [0.25, 0.3) is 0 Å². The summed E-state index contributed by atoms with van der Waals surface area (Å²) in [7, 11) is 3.95. The van der Waals surface area contributed by atoms with Crippen LogP contribution in [0.5, 0.6) is 0 Å². The predicted molar refractivity (Wildman–Crippen MR) is 61.5 cm³/mol. The average molecular weight is 225 g/mol. The molecule has 0 radical (unpaired) electrons. The van der Waals surface area contributed by atoms with Crippen LogP contribution in [0.25, 0.3) is 0 Å². The number of hydrogen-bond acceptors (Lipinski definition) is 4. The van der Waals surface area contributed by atoms with Crippen molar-refractivity contribution in [1.82, 2.24) is 9.78 Å². The van der Waals surface area contributed by atoms with Crippen LogP contribution in [0.1, 0.15) is 17.7 Å². The molecule has 0 saturated carbocycles. The maximum absolute atomic E-state index is 9.39. The van der Waals surface area contributed by atoms with Gasteiger partial charge in [0, 0.05) is 26.3 Å². The summed E-state index contributed by atoms with van der Waals surface area (Å²) in [5.41, 5.74) is 1.81. The summed E-state index contributed by atoms with van der Waals surface area (Å²) in [6, 6.07) is 0.389. The molecule has 0 bridgehead atoms. The molecule has 16 heavy (non-hydrogen) atoms. The van der Waals surface area contributed by atoms with E-state index in [4.69, 9.17) is 4.74 Å². The minimum absolute atomic E-state index is 0.0346. The van der Waals surface area contributed by atoms with E-state index < -0.39 is 0 Å². The lowest BCUT2D eigenvalue weighted by molar-refractivity contribution is 0.193. The zero-order valence-electron chi connectivity index (χ0n) is 10.1. The number of aliphatic hydroxyl groups is 1. The largest absolute Gasteiger partial charge is 0.391 e. The van der Waals surface area contributed by atoms with Gasteiger partial charge in [0.05, 0.1) is 24.9 Å². The number of aryl methyl sites for hydroxylation is 2. The lowest BCUT2D eigenvalue weighted by Crippen LogP contribution is -2.34. The fraction of sp³-hybridized carbons (Fsp3) is 0.727. The van der Waals surface area contributed by atoms with Crippen molar-refractivity contribution in [3.05, 3.63) is 11.3 Å². The summed E-state index contributed by atoms with van der Waals surface area (Å²) in [5, 5.41) is 13.7. The zero-order chi connectivity index (χ0) is 11.7. The summed E-state index contributed by atoms with van der Waals surface area (Å²) < 4.78 is 7.22. The van der Waals surface area contributed by atoms with E-state index in [0.717, 1.165) is 36.7 Å². The fourth-order valence-electron chi connectivity index (χ4n) is 2.32. The Labute approximate surface area is 95.6 Å². The molecule has 1 N–H and O–H groups in total. The van der Waals surface area contributed by atoms with E-state index >= 15 is 0 Å². The first-order valence-corrected chi connectivity index (χ1v) is 5.59. The lowest BCUT2D eigenvalue weighted by Gasteiger charge is -2.26. The highest BCUT2D eigenvalue weighted by Gasteiger charge is 2.25. The molecule has 1 unspecified atom stereocenters. The number of aromatic nitrogens is 2. The van der Waals surface area contributed by atoms with Gasteiger partial charge in [0.15, 0.2) is 0 Å². The first-order valence-electron chi connectivity index (χ1n) is 5.59. The van der Waals surface area contributed by atoms with Crippen LogP contribution in [-0.4, -0.2) is 41.2 Å². The van der Waals surface area contributed by atoms with Gasteiger partial charge in [-0.1, -0.05) is 0 Å². The molecule has 1 aromatic heterocycles. The normalized spacial score (nSPS) is 20.4. The topological polar surface area (TPSA) is 50.5 Å². The summed E-state index contributed by atoms with van der Waals surface area (Å²) in [5.74, 6) is 0.996. The van der Waals surface area contributed by atoms with Crippen molar-refractivity contribution in [3.63, 3.8) is 0 Å². The van der Waals surface area contributed by atoms with E-state index in [2.05, 4.69) is 10.00 Å². The Morgan fingerprint density at radius 2 is 2.38 bits per heavy atom. The van der Waals surface area contributed by atoms with Crippen molar-refractivity contribution in [1.29, 1.82) is 0 Å². The Bertz CT molecular complexity index is 370. The van der Waals surface area contributed by atoms with Crippen molar-refractivity contribution in [3.8, 4) is 0 Å². The number of hydrogen-bond donors (Lipinski definition) is 1. The molecular formula is C11H19N3O2. The van der Waals surface area contributed by atoms with Gasteiger partial charge in [-0.05, 0) is 13.3 Å².